The number of hydrogen-bond donors (Lipinski definition) is 2. The van der Waals surface area contributed by atoms with Gasteiger partial charge in [-0.25, -0.2) is 8.78 Å². The first-order valence-electron chi connectivity index (χ1n) is 8.93. The SMILES string of the molecule is CCCCN(C(=O)c1c(F)cccc1F)c1ccc(Cl)cc1NCCNC. The first-order chi connectivity index (χ1) is 13.0. The third-order valence-electron chi connectivity index (χ3n) is 4.10. The number of nitrogens with one attached hydrogen (secondary N) is 2. The van der Waals surface area contributed by atoms with Crippen molar-refractivity contribution >= 4 is 28.9 Å². The van der Waals surface area contributed by atoms with Crippen LogP contribution in [0.1, 0.15) is 30.1 Å². The van der Waals surface area contributed by atoms with Crippen molar-refractivity contribution in [3.63, 3.8) is 0 Å². The van der Waals surface area contributed by atoms with Gasteiger partial charge in [-0.05, 0) is 43.8 Å². The van der Waals surface area contributed by atoms with Gasteiger partial charge in [0.15, 0.2) is 0 Å². The van der Waals surface area contributed by atoms with Crippen molar-refractivity contribution in [1.82, 2.24) is 5.32 Å². The average molecular weight is 396 g/mol. The normalized spacial score (nSPS) is 10.7. The van der Waals surface area contributed by atoms with Crippen LogP contribution in [0.5, 0.6) is 0 Å². The Hall–Kier alpha value is -2.18. The highest BCUT2D eigenvalue weighted by Gasteiger charge is 2.25. The molecule has 0 radical (unpaired) electrons. The maximum Gasteiger partial charge on any atom is 0.264 e. The van der Waals surface area contributed by atoms with E-state index in [1.54, 1.807) is 18.2 Å². The number of likely N-dealkylation sites (N-methyl/N-ethyl adjacent to an activating group) is 1. The highest BCUT2D eigenvalue weighted by atomic mass is 35.5. The number of hydrogen-bond acceptors (Lipinski definition) is 3. The zero-order valence-electron chi connectivity index (χ0n) is 15.5. The molecule has 2 rings (SSSR count). The summed E-state index contributed by atoms with van der Waals surface area (Å²) in [7, 11) is 1.83. The van der Waals surface area contributed by atoms with Crippen molar-refractivity contribution in [3.05, 3.63) is 58.6 Å². The third-order valence-corrected chi connectivity index (χ3v) is 4.33. The Morgan fingerprint density at radius 1 is 1.15 bits per heavy atom. The van der Waals surface area contributed by atoms with Gasteiger partial charge in [0.1, 0.15) is 17.2 Å². The molecule has 7 heteroatoms. The van der Waals surface area contributed by atoms with Crippen LogP contribution in [0.3, 0.4) is 0 Å². The first-order valence-corrected chi connectivity index (χ1v) is 9.31. The maximum atomic E-state index is 14.2. The second-order valence-corrected chi connectivity index (χ2v) is 6.54. The molecule has 2 N–H and O–H groups in total. The summed E-state index contributed by atoms with van der Waals surface area (Å²) in [6.07, 6.45) is 1.53. The number of carbonyl (C=O) groups is 1. The minimum Gasteiger partial charge on any atom is -0.382 e. The van der Waals surface area contributed by atoms with Gasteiger partial charge in [0, 0.05) is 24.7 Å². The topological polar surface area (TPSA) is 44.4 Å². The van der Waals surface area contributed by atoms with Gasteiger partial charge < -0.3 is 15.5 Å². The summed E-state index contributed by atoms with van der Waals surface area (Å²) in [5.41, 5.74) is 0.625. The molecule has 1 amide bonds. The molecular weight excluding hydrogens is 372 g/mol. The largest absolute Gasteiger partial charge is 0.382 e. The molecule has 2 aromatic rings. The molecule has 0 saturated carbocycles. The number of amides is 1. The number of anilines is 2. The standard InChI is InChI=1S/C20H24ClF2N3O/c1-3-4-12-26(20(27)19-15(22)6-5-7-16(19)23)18-9-8-14(21)13-17(18)25-11-10-24-2/h5-9,13,24-25H,3-4,10-12H2,1-2H3. The lowest BCUT2D eigenvalue weighted by atomic mass is 10.1. The Morgan fingerprint density at radius 3 is 2.48 bits per heavy atom. The number of rotatable bonds is 9. The van der Waals surface area contributed by atoms with E-state index in [0.717, 1.165) is 18.6 Å². The maximum absolute atomic E-state index is 14.2. The van der Waals surface area contributed by atoms with Crippen LogP contribution >= 0.6 is 11.6 Å². The average Bonchev–Trinajstić information content (AvgIpc) is 2.63. The Kier molecular flexibility index (Phi) is 8.00. The molecule has 4 nitrogen and oxygen atoms in total. The Labute approximate surface area is 163 Å². The molecular formula is C20H24ClF2N3O. The van der Waals surface area contributed by atoms with E-state index in [-0.39, 0.29) is 0 Å². The summed E-state index contributed by atoms with van der Waals surface area (Å²) in [6, 6.07) is 8.46. The highest BCUT2D eigenvalue weighted by Crippen LogP contribution is 2.31. The highest BCUT2D eigenvalue weighted by molar-refractivity contribution is 6.31. The van der Waals surface area contributed by atoms with Crippen molar-refractivity contribution in [2.75, 3.05) is 36.9 Å². The van der Waals surface area contributed by atoms with Gasteiger partial charge in [-0.3, -0.25) is 4.79 Å². The van der Waals surface area contributed by atoms with E-state index in [4.69, 9.17) is 11.6 Å². The number of halogens is 3. The van der Waals surface area contributed by atoms with E-state index in [2.05, 4.69) is 10.6 Å². The van der Waals surface area contributed by atoms with E-state index in [0.29, 0.717) is 42.5 Å². The lowest BCUT2D eigenvalue weighted by molar-refractivity contribution is 0.0978. The number of unbranched alkanes of at least 4 members (excludes halogenated alkanes) is 1. The summed E-state index contributed by atoms with van der Waals surface area (Å²) in [5.74, 6) is -2.46. The first kappa shape index (κ1) is 21.1. The molecule has 0 unspecified atom stereocenters. The molecule has 0 bridgehead atoms. The van der Waals surface area contributed by atoms with E-state index in [1.165, 1.54) is 11.0 Å². The minimum absolute atomic E-state index is 0.339. The molecule has 0 aliphatic heterocycles. The summed E-state index contributed by atoms with van der Waals surface area (Å²) < 4.78 is 28.4. The molecule has 0 atom stereocenters. The van der Waals surface area contributed by atoms with Gasteiger partial charge >= 0.3 is 0 Å². The van der Waals surface area contributed by atoms with Gasteiger partial charge in [0.05, 0.1) is 11.4 Å². The van der Waals surface area contributed by atoms with Gasteiger partial charge in [0.25, 0.3) is 5.91 Å². The second-order valence-electron chi connectivity index (χ2n) is 6.10. The van der Waals surface area contributed by atoms with Crippen molar-refractivity contribution in [1.29, 1.82) is 0 Å². The molecule has 0 fully saturated rings. The van der Waals surface area contributed by atoms with Crippen LogP contribution in [0, 0.1) is 11.6 Å². The van der Waals surface area contributed by atoms with Crippen LogP contribution in [0.15, 0.2) is 36.4 Å². The van der Waals surface area contributed by atoms with E-state index >= 15 is 0 Å². The lowest BCUT2D eigenvalue weighted by Crippen LogP contribution is -2.34. The lowest BCUT2D eigenvalue weighted by Gasteiger charge is -2.26. The van der Waals surface area contributed by atoms with Crippen molar-refractivity contribution in [2.45, 2.75) is 19.8 Å². The summed E-state index contributed by atoms with van der Waals surface area (Å²) >= 11 is 6.11. The monoisotopic (exact) mass is 395 g/mol. The quantitative estimate of drug-likeness (QED) is 0.605. The zero-order chi connectivity index (χ0) is 19.8. The van der Waals surface area contributed by atoms with Crippen LogP contribution < -0.4 is 15.5 Å². The minimum atomic E-state index is -0.875. The van der Waals surface area contributed by atoms with Crippen molar-refractivity contribution in [2.24, 2.45) is 0 Å². The van der Waals surface area contributed by atoms with Gasteiger partial charge in [-0.1, -0.05) is 31.0 Å². The number of carbonyl (C=O) groups excluding carboxylic acids is 1. The van der Waals surface area contributed by atoms with Crippen molar-refractivity contribution in [3.8, 4) is 0 Å². The third kappa shape index (κ3) is 5.40. The smallest absolute Gasteiger partial charge is 0.264 e. The van der Waals surface area contributed by atoms with Crippen LogP contribution in [-0.4, -0.2) is 32.6 Å². The molecule has 0 aromatic heterocycles. The van der Waals surface area contributed by atoms with E-state index in [1.807, 2.05) is 14.0 Å². The van der Waals surface area contributed by atoms with E-state index in [9.17, 15) is 13.6 Å². The van der Waals surface area contributed by atoms with Gasteiger partial charge in [-0.15, -0.1) is 0 Å². The van der Waals surface area contributed by atoms with Gasteiger partial charge in [-0.2, -0.15) is 0 Å². The fourth-order valence-corrected chi connectivity index (χ4v) is 2.86. The second kappa shape index (κ2) is 10.2. The summed E-state index contributed by atoms with van der Waals surface area (Å²) in [6.45, 7) is 3.64. The molecule has 0 spiro atoms. The van der Waals surface area contributed by atoms with E-state index < -0.39 is 23.1 Å². The Balaban J connectivity index is 2.45. The molecule has 0 saturated heterocycles. The number of nitrogens with zero attached hydrogens (tertiary/aromatic N) is 1. The zero-order valence-corrected chi connectivity index (χ0v) is 16.2. The summed E-state index contributed by atoms with van der Waals surface area (Å²) in [5, 5.41) is 6.75. The molecule has 2 aromatic carbocycles. The molecule has 0 aliphatic carbocycles. The summed E-state index contributed by atoms with van der Waals surface area (Å²) in [4.78, 5) is 14.4. The molecule has 0 heterocycles. The van der Waals surface area contributed by atoms with Gasteiger partial charge in [0.2, 0.25) is 0 Å². The van der Waals surface area contributed by atoms with Crippen LogP contribution in [-0.2, 0) is 0 Å². The Bertz CT molecular complexity index is 766. The van der Waals surface area contributed by atoms with Crippen molar-refractivity contribution < 1.29 is 13.6 Å². The predicted molar refractivity (Wildman–Crippen MR) is 107 cm³/mol. The van der Waals surface area contributed by atoms with Crippen LogP contribution in [0.2, 0.25) is 5.02 Å². The fraction of sp³-hybridized carbons (Fsp3) is 0.350. The van der Waals surface area contributed by atoms with Crippen LogP contribution in [0.25, 0.3) is 0 Å². The molecule has 0 aliphatic rings. The predicted octanol–water partition coefficient (Wildman–Crippen LogP) is 4.70. The van der Waals surface area contributed by atoms with Crippen LogP contribution in [0.4, 0.5) is 20.2 Å². The Morgan fingerprint density at radius 2 is 1.85 bits per heavy atom. The molecule has 146 valence electrons. The number of benzene rings is 2. The fourth-order valence-electron chi connectivity index (χ4n) is 2.69. The molecule has 27 heavy (non-hydrogen) atoms.